The molecule has 1 N–H and O–H groups in total. The van der Waals surface area contributed by atoms with Crippen LogP contribution in [-0.2, 0) is 11.2 Å². The van der Waals surface area contributed by atoms with Crippen LogP contribution in [0.1, 0.15) is 43.4 Å². The third-order valence-corrected chi connectivity index (χ3v) is 4.89. The standard InChI is InChI=1S/C16H22ClNO/c1-16(6-8-19-9-7-16)11-18-15-5-2-12-10-13(17)3-4-14(12)15/h3-4,10,15,18H,2,5-9,11H2,1H3. The third-order valence-electron chi connectivity index (χ3n) is 4.66. The van der Waals surface area contributed by atoms with Gasteiger partial charge in [0.1, 0.15) is 0 Å². The lowest BCUT2D eigenvalue weighted by molar-refractivity contribution is 0.0229. The van der Waals surface area contributed by atoms with Gasteiger partial charge < -0.3 is 10.1 Å². The number of ether oxygens (including phenoxy) is 1. The summed E-state index contributed by atoms with van der Waals surface area (Å²) in [6.07, 6.45) is 4.68. The maximum absolute atomic E-state index is 6.06. The van der Waals surface area contributed by atoms with Crippen LogP contribution < -0.4 is 5.32 Å². The molecule has 0 amide bonds. The number of halogens is 1. The zero-order valence-corrected chi connectivity index (χ0v) is 12.3. The number of aryl methyl sites for hydroxylation is 1. The summed E-state index contributed by atoms with van der Waals surface area (Å²) in [5.41, 5.74) is 3.26. The number of fused-ring (bicyclic) bond motifs is 1. The number of hydrogen-bond acceptors (Lipinski definition) is 2. The van der Waals surface area contributed by atoms with Crippen LogP contribution in [0.4, 0.5) is 0 Å². The highest BCUT2D eigenvalue weighted by Crippen LogP contribution is 2.35. The van der Waals surface area contributed by atoms with Gasteiger partial charge in [0.05, 0.1) is 0 Å². The van der Waals surface area contributed by atoms with E-state index in [0.29, 0.717) is 11.5 Å². The van der Waals surface area contributed by atoms with Gasteiger partial charge in [0.25, 0.3) is 0 Å². The van der Waals surface area contributed by atoms with Gasteiger partial charge in [0.15, 0.2) is 0 Å². The van der Waals surface area contributed by atoms with E-state index >= 15 is 0 Å². The van der Waals surface area contributed by atoms with Crippen LogP contribution in [0.2, 0.25) is 5.02 Å². The average molecular weight is 280 g/mol. The number of benzene rings is 1. The fraction of sp³-hybridized carbons (Fsp3) is 0.625. The molecule has 1 atom stereocenters. The van der Waals surface area contributed by atoms with Crippen molar-refractivity contribution in [2.24, 2.45) is 5.41 Å². The number of rotatable bonds is 3. The summed E-state index contributed by atoms with van der Waals surface area (Å²) >= 11 is 6.06. The van der Waals surface area contributed by atoms with E-state index in [-0.39, 0.29) is 0 Å². The molecule has 1 heterocycles. The van der Waals surface area contributed by atoms with E-state index in [2.05, 4.69) is 24.4 Å². The maximum atomic E-state index is 6.06. The Labute approximate surface area is 120 Å². The number of nitrogens with one attached hydrogen (secondary N) is 1. The van der Waals surface area contributed by atoms with Gasteiger partial charge in [-0.1, -0.05) is 24.6 Å². The van der Waals surface area contributed by atoms with Crippen LogP contribution in [0, 0.1) is 5.41 Å². The second-order valence-electron chi connectivity index (χ2n) is 6.24. The van der Waals surface area contributed by atoms with Gasteiger partial charge in [-0.3, -0.25) is 0 Å². The Hall–Kier alpha value is -0.570. The highest BCUT2D eigenvalue weighted by Gasteiger charge is 2.29. The second-order valence-corrected chi connectivity index (χ2v) is 6.67. The second kappa shape index (κ2) is 5.43. The first-order valence-electron chi connectivity index (χ1n) is 7.26. The molecule has 1 unspecified atom stereocenters. The normalized spacial score (nSPS) is 25.3. The van der Waals surface area contributed by atoms with Crippen molar-refractivity contribution in [1.29, 1.82) is 0 Å². The molecule has 3 heteroatoms. The smallest absolute Gasteiger partial charge is 0.0471 e. The first kappa shape index (κ1) is 13.4. The lowest BCUT2D eigenvalue weighted by Crippen LogP contribution is -2.37. The van der Waals surface area contributed by atoms with Gasteiger partial charge in [-0.2, -0.15) is 0 Å². The summed E-state index contributed by atoms with van der Waals surface area (Å²) in [6.45, 7) is 5.29. The van der Waals surface area contributed by atoms with Crippen molar-refractivity contribution < 1.29 is 4.74 Å². The molecule has 19 heavy (non-hydrogen) atoms. The zero-order chi connectivity index (χ0) is 13.3. The van der Waals surface area contributed by atoms with Crippen LogP contribution >= 0.6 is 11.6 Å². The molecular weight excluding hydrogens is 258 g/mol. The molecule has 0 spiro atoms. The fourth-order valence-corrected chi connectivity index (χ4v) is 3.40. The molecule has 0 radical (unpaired) electrons. The summed E-state index contributed by atoms with van der Waals surface area (Å²) in [5, 5.41) is 4.63. The minimum Gasteiger partial charge on any atom is -0.381 e. The van der Waals surface area contributed by atoms with Crippen molar-refractivity contribution in [2.75, 3.05) is 19.8 Å². The average Bonchev–Trinajstić information content (AvgIpc) is 2.79. The molecule has 1 saturated heterocycles. The minimum atomic E-state index is 0.396. The first-order valence-corrected chi connectivity index (χ1v) is 7.64. The quantitative estimate of drug-likeness (QED) is 0.910. The Balaban J connectivity index is 1.63. The van der Waals surface area contributed by atoms with E-state index in [1.54, 1.807) is 0 Å². The van der Waals surface area contributed by atoms with Crippen molar-refractivity contribution in [3.8, 4) is 0 Å². The zero-order valence-electron chi connectivity index (χ0n) is 11.5. The Morgan fingerprint density at radius 3 is 2.95 bits per heavy atom. The Morgan fingerprint density at radius 2 is 2.16 bits per heavy atom. The lowest BCUT2D eigenvalue weighted by atomic mass is 9.82. The monoisotopic (exact) mass is 279 g/mol. The van der Waals surface area contributed by atoms with Crippen molar-refractivity contribution in [1.82, 2.24) is 5.32 Å². The Morgan fingerprint density at radius 1 is 1.37 bits per heavy atom. The van der Waals surface area contributed by atoms with E-state index in [9.17, 15) is 0 Å². The van der Waals surface area contributed by atoms with Crippen LogP contribution in [0.3, 0.4) is 0 Å². The molecule has 2 nitrogen and oxygen atoms in total. The summed E-state index contributed by atoms with van der Waals surface area (Å²) in [4.78, 5) is 0. The molecule has 0 bridgehead atoms. The minimum absolute atomic E-state index is 0.396. The molecule has 104 valence electrons. The fourth-order valence-electron chi connectivity index (χ4n) is 3.21. The highest BCUT2D eigenvalue weighted by molar-refractivity contribution is 6.30. The van der Waals surface area contributed by atoms with E-state index in [4.69, 9.17) is 16.3 Å². The lowest BCUT2D eigenvalue weighted by Gasteiger charge is -2.34. The molecule has 0 saturated carbocycles. The molecular formula is C16H22ClNO. The van der Waals surface area contributed by atoms with Crippen molar-refractivity contribution in [2.45, 2.75) is 38.6 Å². The SMILES string of the molecule is CC1(CNC2CCc3cc(Cl)ccc32)CCOCC1. The first-order chi connectivity index (χ1) is 9.16. The van der Waals surface area contributed by atoms with Gasteiger partial charge in [0, 0.05) is 30.8 Å². The molecule has 1 fully saturated rings. The van der Waals surface area contributed by atoms with Gasteiger partial charge in [0.2, 0.25) is 0 Å². The van der Waals surface area contributed by atoms with Crippen LogP contribution in [0.25, 0.3) is 0 Å². The topological polar surface area (TPSA) is 21.3 Å². The summed E-state index contributed by atoms with van der Waals surface area (Å²) in [7, 11) is 0. The Bertz CT molecular complexity index is 454. The van der Waals surface area contributed by atoms with Crippen LogP contribution in [0.5, 0.6) is 0 Å². The van der Waals surface area contributed by atoms with Gasteiger partial charge >= 0.3 is 0 Å². The van der Waals surface area contributed by atoms with Crippen molar-refractivity contribution >= 4 is 11.6 Å². The van der Waals surface area contributed by atoms with E-state index in [1.807, 2.05) is 6.07 Å². The largest absolute Gasteiger partial charge is 0.381 e. The predicted octanol–water partition coefficient (Wildman–Crippen LogP) is 3.73. The van der Waals surface area contributed by atoms with E-state index < -0.39 is 0 Å². The predicted molar refractivity (Wildman–Crippen MR) is 78.7 cm³/mol. The molecule has 1 aliphatic heterocycles. The molecule has 1 aliphatic carbocycles. The van der Waals surface area contributed by atoms with Crippen molar-refractivity contribution in [3.63, 3.8) is 0 Å². The maximum Gasteiger partial charge on any atom is 0.0471 e. The van der Waals surface area contributed by atoms with Gasteiger partial charge in [-0.15, -0.1) is 0 Å². The highest BCUT2D eigenvalue weighted by atomic mass is 35.5. The molecule has 2 aliphatic rings. The molecule has 0 aromatic heterocycles. The van der Waals surface area contributed by atoms with Crippen LogP contribution in [-0.4, -0.2) is 19.8 Å². The van der Waals surface area contributed by atoms with E-state index in [0.717, 1.165) is 31.2 Å². The summed E-state index contributed by atoms with van der Waals surface area (Å²) in [6, 6.07) is 6.83. The van der Waals surface area contributed by atoms with Gasteiger partial charge in [-0.25, -0.2) is 0 Å². The number of hydrogen-bond donors (Lipinski definition) is 1. The molecule has 1 aromatic carbocycles. The Kier molecular flexibility index (Phi) is 3.84. The summed E-state index contributed by atoms with van der Waals surface area (Å²) < 4.78 is 5.46. The van der Waals surface area contributed by atoms with Crippen LogP contribution in [0.15, 0.2) is 18.2 Å². The van der Waals surface area contributed by atoms with E-state index in [1.165, 1.54) is 30.4 Å². The van der Waals surface area contributed by atoms with Crippen molar-refractivity contribution in [3.05, 3.63) is 34.3 Å². The molecule has 3 rings (SSSR count). The summed E-state index contributed by atoms with van der Waals surface area (Å²) in [5.74, 6) is 0. The van der Waals surface area contributed by atoms with Gasteiger partial charge in [-0.05, 0) is 54.4 Å². The third kappa shape index (κ3) is 2.96. The molecule has 1 aromatic rings.